The number of aryl methyl sites for hydroxylation is 1. The van der Waals surface area contributed by atoms with Crippen molar-refractivity contribution < 1.29 is 0 Å². The third-order valence-electron chi connectivity index (χ3n) is 3.37. The minimum atomic E-state index is -0.0543. The van der Waals surface area contributed by atoms with Gasteiger partial charge in [0.05, 0.1) is 17.1 Å². The van der Waals surface area contributed by atoms with Crippen LogP contribution in [-0.2, 0) is 0 Å². The van der Waals surface area contributed by atoms with Crippen molar-refractivity contribution in [3.63, 3.8) is 0 Å². The maximum Gasteiger partial charge on any atom is 0.0890 e. The number of fused-ring (bicyclic) bond motifs is 1. The van der Waals surface area contributed by atoms with Crippen LogP contribution in [0.25, 0.3) is 11.0 Å². The van der Waals surface area contributed by atoms with E-state index in [1.54, 1.807) is 12.4 Å². The van der Waals surface area contributed by atoms with Crippen molar-refractivity contribution in [1.29, 1.82) is 0 Å². The molecule has 0 saturated carbocycles. The summed E-state index contributed by atoms with van der Waals surface area (Å²) in [6.45, 7) is 2.07. The average Bonchev–Trinajstić information content (AvgIpc) is 2.48. The number of nitrogens with two attached hydrogens (primary N) is 1. The first-order valence-corrected chi connectivity index (χ1v) is 6.51. The van der Waals surface area contributed by atoms with Gasteiger partial charge in [-0.15, -0.1) is 0 Å². The molecule has 0 aliphatic rings. The fourth-order valence-corrected chi connectivity index (χ4v) is 2.39. The molecule has 1 atom stereocenters. The first-order valence-electron chi connectivity index (χ1n) is 6.51. The van der Waals surface area contributed by atoms with Gasteiger partial charge < -0.3 is 0 Å². The van der Waals surface area contributed by atoms with Crippen molar-refractivity contribution in [2.75, 3.05) is 0 Å². The molecule has 0 radical (unpaired) electrons. The highest BCUT2D eigenvalue weighted by molar-refractivity contribution is 5.74. The fourth-order valence-electron chi connectivity index (χ4n) is 2.39. The van der Waals surface area contributed by atoms with E-state index in [0.29, 0.717) is 0 Å². The van der Waals surface area contributed by atoms with Crippen LogP contribution in [0.1, 0.15) is 22.7 Å². The Bertz CT molecular complexity index is 739. The van der Waals surface area contributed by atoms with Gasteiger partial charge in [0.25, 0.3) is 0 Å². The molecule has 20 heavy (non-hydrogen) atoms. The van der Waals surface area contributed by atoms with Crippen molar-refractivity contribution in [2.24, 2.45) is 5.84 Å². The maximum absolute atomic E-state index is 5.74. The lowest BCUT2D eigenvalue weighted by atomic mass is 9.97. The second-order valence-electron chi connectivity index (χ2n) is 4.82. The lowest BCUT2D eigenvalue weighted by Crippen LogP contribution is -2.28. The average molecular weight is 264 g/mol. The molecule has 0 saturated heterocycles. The van der Waals surface area contributed by atoms with E-state index in [2.05, 4.69) is 40.5 Å². The number of hydrogen-bond donors (Lipinski definition) is 2. The highest BCUT2D eigenvalue weighted by atomic mass is 15.2. The number of nitrogens with one attached hydrogen (secondary N) is 1. The summed E-state index contributed by atoms with van der Waals surface area (Å²) in [7, 11) is 0. The van der Waals surface area contributed by atoms with Crippen LogP contribution in [0, 0.1) is 6.92 Å². The third-order valence-corrected chi connectivity index (χ3v) is 3.37. The van der Waals surface area contributed by atoms with Crippen molar-refractivity contribution in [1.82, 2.24) is 15.4 Å². The first kappa shape index (κ1) is 12.7. The van der Waals surface area contributed by atoms with Gasteiger partial charge in [-0.05, 0) is 30.2 Å². The Labute approximate surface area is 117 Å². The molecule has 4 heteroatoms. The zero-order valence-electron chi connectivity index (χ0n) is 11.2. The second-order valence-corrected chi connectivity index (χ2v) is 4.82. The number of benzene rings is 2. The summed E-state index contributed by atoms with van der Waals surface area (Å²) in [6.07, 6.45) is 3.39. The minimum Gasteiger partial charge on any atom is -0.271 e. The molecule has 0 spiro atoms. The van der Waals surface area contributed by atoms with Gasteiger partial charge in [-0.1, -0.05) is 35.9 Å². The molecule has 3 rings (SSSR count). The first-order chi connectivity index (χ1) is 9.78. The van der Waals surface area contributed by atoms with E-state index in [1.165, 1.54) is 5.56 Å². The van der Waals surface area contributed by atoms with Crippen LogP contribution in [0.3, 0.4) is 0 Å². The van der Waals surface area contributed by atoms with Crippen LogP contribution < -0.4 is 11.3 Å². The summed E-state index contributed by atoms with van der Waals surface area (Å²) in [5, 5.41) is 0. The topological polar surface area (TPSA) is 63.8 Å². The molecular formula is C16H16N4. The Kier molecular flexibility index (Phi) is 3.41. The lowest BCUT2D eigenvalue weighted by molar-refractivity contribution is 0.637. The molecule has 4 nitrogen and oxygen atoms in total. The maximum atomic E-state index is 5.74. The van der Waals surface area contributed by atoms with Gasteiger partial charge in [0.15, 0.2) is 0 Å². The SMILES string of the molecule is Cc1cccc(C(NN)c2ccc3nccnc3c2)c1. The van der Waals surface area contributed by atoms with E-state index in [-0.39, 0.29) is 6.04 Å². The fraction of sp³-hybridized carbons (Fsp3) is 0.125. The molecule has 0 aliphatic carbocycles. The summed E-state index contributed by atoms with van der Waals surface area (Å²) < 4.78 is 0. The number of hydrazine groups is 1. The summed E-state index contributed by atoms with van der Waals surface area (Å²) in [6, 6.07) is 14.3. The predicted molar refractivity (Wildman–Crippen MR) is 79.9 cm³/mol. The number of hydrogen-bond acceptors (Lipinski definition) is 4. The molecule has 1 heterocycles. The Balaban J connectivity index is 2.07. The largest absolute Gasteiger partial charge is 0.271 e. The van der Waals surface area contributed by atoms with Crippen LogP contribution in [0.4, 0.5) is 0 Å². The van der Waals surface area contributed by atoms with E-state index >= 15 is 0 Å². The van der Waals surface area contributed by atoms with Crippen molar-refractivity contribution in [3.05, 3.63) is 71.5 Å². The van der Waals surface area contributed by atoms with E-state index in [9.17, 15) is 0 Å². The van der Waals surface area contributed by atoms with Gasteiger partial charge in [-0.3, -0.25) is 15.8 Å². The highest BCUT2D eigenvalue weighted by Crippen LogP contribution is 2.24. The Morgan fingerprint density at radius 1 is 0.950 bits per heavy atom. The van der Waals surface area contributed by atoms with Crippen LogP contribution in [0.2, 0.25) is 0 Å². The molecule has 0 aliphatic heterocycles. The Morgan fingerprint density at radius 2 is 1.70 bits per heavy atom. The van der Waals surface area contributed by atoms with E-state index in [1.807, 2.05) is 24.3 Å². The summed E-state index contributed by atoms with van der Waals surface area (Å²) in [5.41, 5.74) is 8.06. The summed E-state index contributed by atoms with van der Waals surface area (Å²) in [4.78, 5) is 8.62. The van der Waals surface area contributed by atoms with Crippen LogP contribution in [-0.4, -0.2) is 9.97 Å². The lowest BCUT2D eigenvalue weighted by Gasteiger charge is -2.17. The minimum absolute atomic E-state index is 0.0543. The summed E-state index contributed by atoms with van der Waals surface area (Å²) >= 11 is 0. The van der Waals surface area contributed by atoms with Gasteiger partial charge >= 0.3 is 0 Å². The molecule has 1 aromatic heterocycles. The zero-order valence-corrected chi connectivity index (χ0v) is 11.2. The smallest absolute Gasteiger partial charge is 0.0890 e. The van der Waals surface area contributed by atoms with Gasteiger partial charge in [-0.2, -0.15) is 0 Å². The number of rotatable bonds is 3. The van der Waals surface area contributed by atoms with Gasteiger partial charge in [0.2, 0.25) is 0 Å². The molecule has 0 fully saturated rings. The van der Waals surface area contributed by atoms with Crippen LogP contribution >= 0.6 is 0 Å². The zero-order chi connectivity index (χ0) is 13.9. The molecule has 0 amide bonds. The van der Waals surface area contributed by atoms with E-state index < -0.39 is 0 Å². The quantitative estimate of drug-likeness (QED) is 0.563. The molecule has 3 aromatic rings. The number of aromatic nitrogens is 2. The van der Waals surface area contributed by atoms with Gasteiger partial charge in [-0.25, -0.2) is 5.43 Å². The molecular weight excluding hydrogens is 248 g/mol. The van der Waals surface area contributed by atoms with Gasteiger partial charge in [0, 0.05) is 12.4 Å². The van der Waals surface area contributed by atoms with Crippen LogP contribution in [0.5, 0.6) is 0 Å². The Hall–Kier alpha value is -2.30. The molecule has 100 valence electrons. The van der Waals surface area contributed by atoms with Crippen LogP contribution in [0.15, 0.2) is 54.9 Å². The molecule has 2 aromatic carbocycles. The molecule has 1 unspecified atom stereocenters. The summed E-state index contributed by atoms with van der Waals surface area (Å²) in [5.74, 6) is 5.74. The highest BCUT2D eigenvalue weighted by Gasteiger charge is 2.13. The van der Waals surface area contributed by atoms with E-state index in [4.69, 9.17) is 5.84 Å². The molecule has 0 bridgehead atoms. The van der Waals surface area contributed by atoms with Crippen molar-refractivity contribution >= 4 is 11.0 Å². The molecule has 3 N–H and O–H groups in total. The van der Waals surface area contributed by atoms with E-state index in [0.717, 1.165) is 22.2 Å². The normalized spacial score (nSPS) is 12.5. The third kappa shape index (κ3) is 2.39. The standard InChI is InChI=1S/C16H16N4/c1-11-3-2-4-12(9-11)16(20-17)13-5-6-14-15(10-13)19-8-7-18-14/h2-10,16,20H,17H2,1H3. The Morgan fingerprint density at radius 3 is 2.45 bits per heavy atom. The van der Waals surface area contributed by atoms with Crippen molar-refractivity contribution in [2.45, 2.75) is 13.0 Å². The predicted octanol–water partition coefficient (Wildman–Crippen LogP) is 2.49. The van der Waals surface area contributed by atoms with Gasteiger partial charge in [0.1, 0.15) is 0 Å². The second kappa shape index (κ2) is 5.36. The monoisotopic (exact) mass is 264 g/mol. The number of nitrogens with zero attached hydrogens (tertiary/aromatic N) is 2. The van der Waals surface area contributed by atoms with Crippen molar-refractivity contribution in [3.8, 4) is 0 Å².